The van der Waals surface area contributed by atoms with Gasteiger partial charge in [0.2, 0.25) is 0 Å². The number of aromatic hydroxyl groups is 1. The highest BCUT2D eigenvalue weighted by Crippen LogP contribution is 2.27. The molecule has 1 aromatic heterocycles. The molecule has 0 atom stereocenters. The van der Waals surface area contributed by atoms with Crippen molar-refractivity contribution in [3.05, 3.63) is 70.0 Å². The summed E-state index contributed by atoms with van der Waals surface area (Å²) in [6.07, 6.45) is 4.79. The Hall–Kier alpha value is -3.61. The molecule has 3 N–H and O–H groups in total. The molecule has 0 aliphatic rings. The summed E-state index contributed by atoms with van der Waals surface area (Å²) in [7, 11) is 0. The van der Waals surface area contributed by atoms with Crippen molar-refractivity contribution in [2.75, 3.05) is 11.9 Å². The Kier molecular flexibility index (Phi) is 8.24. The van der Waals surface area contributed by atoms with Gasteiger partial charge in [-0.25, -0.2) is 0 Å². The SMILES string of the molecule is CCCCCCn1c(=O)c(C(=O)Nc2ccc(C(=O)NCCC)cc2)c(O)c2ccccc21. The smallest absolute Gasteiger partial charge is 0.267 e. The van der Waals surface area contributed by atoms with Gasteiger partial charge in [0, 0.05) is 29.7 Å². The molecule has 3 aromatic rings. The summed E-state index contributed by atoms with van der Waals surface area (Å²) in [6.45, 7) is 5.15. The van der Waals surface area contributed by atoms with Crippen LogP contribution in [0.25, 0.3) is 10.9 Å². The molecular weight excluding hydrogens is 418 g/mol. The number of carbonyl (C=O) groups excluding carboxylic acids is 2. The molecule has 1 heterocycles. The maximum atomic E-state index is 13.2. The van der Waals surface area contributed by atoms with Crippen LogP contribution in [0.5, 0.6) is 5.75 Å². The molecule has 3 rings (SSSR count). The van der Waals surface area contributed by atoms with Crippen molar-refractivity contribution in [2.45, 2.75) is 52.5 Å². The maximum absolute atomic E-state index is 13.2. The first-order valence-electron chi connectivity index (χ1n) is 11.5. The zero-order chi connectivity index (χ0) is 23.8. The van der Waals surface area contributed by atoms with Crippen molar-refractivity contribution in [3.8, 4) is 5.75 Å². The highest BCUT2D eigenvalue weighted by Gasteiger charge is 2.22. The van der Waals surface area contributed by atoms with Crippen LogP contribution in [0.1, 0.15) is 66.7 Å². The molecule has 0 spiro atoms. The highest BCUT2D eigenvalue weighted by molar-refractivity contribution is 6.09. The van der Waals surface area contributed by atoms with Gasteiger partial charge in [-0.3, -0.25) is 14.4 Å². The standard InChI is InChI=1S/C26H31N3O4/c1-3-5-6-9-17-29-21-11-8-7-10-20(21)23(30)22(26(29)33)25(32)28-19-14-12-18(13-15-19)24(31)27-16-4-2/h7-8,10-15,30H,3-6,9,16-17H2,1-2H3,(H,27,31)(H,28,32). The number of aromatic nitrogens is 1. The number of aryl methyl sites for hydroxylation is 1. The van der Waals surface area contributed by atoms with Crippen LogP contribution in [0.4, 0.5) is 5.69 Å². The maximum Gasteiger partial charge on any atom is 0.267 e. The molecule has 7 nitrogen and oxygen atoms in total. The number of anilines is 1. The summed E-state index contributed by atoms with van der Waals surface area (Å²) in [5.41, 5.74) is 0.707. The average Bonchev–Trinajstić information content (AvgIpc) is 2.82. The summed E-state index contributed by atoms with van der Waals surface area (Å²) in [5, 5.41) is 16.7. The van der Waals surface area contributed by atoms with E-state index in [1.807, 2.05) is 13.0 Å². The second-order valence-electron chi connectivity index (χ2n) is 8.05. The predicted octanol–water partition coefficient (Wildman–Crippen LogP) is 4.68. The number of carbonyl (C=O) groups is 2. The largest absolute Gasteiger partial charge is 0.506 e. The van der Waals surface area contributed by atoms with Gasteiger partial charge >= 0.3 is 0 Å². The minimum Gasteiger partial charge on any atom is -0.506 e. The van der Waals surface area contributed by atoms with Gasteiger partial charge in [0.05, 0.1) is 5.52 Å². The normalized spacial score (nSPS) is 10.8. The number of amides is 2. The Balaban J connectivity index is 1.89. The van der Waals surface area contributed by atoms with E-state index in [-0.39, 0.29) is 17.2 Å². The van der Waals surface area contributed by atoms with E-state index in [9.17, 15) is 19.5 Å². The van der Waals surface area contributed by atoms with Gasteiger partial charge in [0.25, 0.3) is 17.4 Å². The Labute approximate surface area is 193 Å². The van der Waals surface area contributed by atoms with Crippen molar-refractivity contribution < 1.29 is 14.7 Å². The summed E-state index contributed by atoms with van der Waals surface area (Å²) in [4.78, 5) is 38.3. The van der Waals surface area contributed by atoms with Gasteiger partial charge in [-0.2, -0.15) is 0 Å². The van der Waals surface area contributed by atoms with E-state index in [1.165, 1.54) is 0 Å². The zero-order valence-electron chi connectivity index (χ0n) is 19.2. The second kappa shape index (κ2) is 11.3. The van der Waals surface area contributed by atoms with Crippen LogP contribution in [-0.2, 0) is 6.54 Å². The monoisotopic (exact) mass is 449 g/mol. The van der Waals surface area contributed by atoms with E-state index in [2.05, 4.69) is 17.6 Å². The Morgan fingerprint density at radius 2 is 1.64 bits per heavy atom. The van der Waals surface area contributed by atoms with Crippen LogP contribution in [-0.4, -0.2) is 28.0 Å². The van der Waals surface area contributed by atoms with E-state index in [0.29, 0.717) is 35.2 Å². The number of para-hydroxylation sites is 1. The van der Waals surface area contributed by atoms with Crippen LogP contribution in [0.2, 0.25) is 0 Å². The van der Waals surface area contributed by atoms with E-state index >= 15 is 0 Å². The molecule has 0 saturated carbocycles. The lowest BCUT2D eigenvalue weighted by molar-refractivity contribution is 0.0953. The van der Waals surface area contributed by atoms with Crippen LogP contribution in [0, 0.1) is 0 Å². The predicted molar refractivity (Wildman–Crippen MR) is 131 cm³/mol. The average molecular weight is 450 g/mol. The first kappa shape index (κ1) is 24.0. The second-order valence-corrected chi connectivity index (χ2v) is 8.05. The summed E-state index contributed by atoms with van der Waals surface area (Å²) >= 11 is 0. The molecule has 0 saturated heterocycles. The van der Waals surface area contributed by atoms with Crippen LogP contribution >= 0.6 is 0 Å². The lowest BCUT2D eigenvalue weighted by Crippen LogP contribution is -2.30. The molecule has 0 aliphatic heterocycles. The molecule has 33 heavy (non-hydrogen) atoms. The molecule has 0 bridgehead atoms. The number of pyridine rings is 1. The van der Waals surface area contributed by atoms with Gasteiger partial charge in [0.1, 0.15) is 11.3 Å². The quantitative estimate of drug-likeness (QED) is 0.391. The Bertz CT molecular complexity index is 1180. The molecule has 2 aromatic carbocycles. The number of nitrogens with one attached hydrogen (secondary N) is 2. The van der Waals surface area contributed by atoms with E-state index in [4.69, 9.17) is 0 Å². The number of rotatable bonds is 10. The summed E-state index contributed by atoms with van der Waals surface area (Å²) in [5.74, 6) is -1.20. The van der Waals surface area contributed by atoms with Gasteiger partial charge in [-0.1, -0.05) is 45.2 Å². The van der Waals surface area contributed by atoms with Crippen molar-refractivity contribution in [3.63, 3.8) is 0 Å². The molecule has 0 radical (unpaired) electrons. The van der Waals surface area contributed by atoms with Gasteiger partial charge in [-0.15, -0.1) is 0 Å². The van der Waals surface area contributed by atoms with Gasteiger partial charge in [-0.05, 0) is 49.2 Å². The fourth-order valence-electron chi connectivity index (χ4n) is 3.75. The van der Waals surface area contributed by atoms with Crippen LogP contribution < -0.4 is 16.2 Å². The fourth-order valence-corrected chi connectivity index (χ4v) is 3.75. The lowest BCUT2D eigenvalue weighted by atomic mass is 10.1. The molecule has 0 aliphatic carbocycles. The van der Waals surface area contributed by atoms with Crippen LogP contribution in [0.3, 0.4) is 0 Å². The molecule has 0 fully saturated rings. The number of hydrogen-bond acceptors (Lipinski definition) is 4. The lowest BCUT2D eigenvalue weighted by Gasteiger charge is -2.15. The van der Waals surface area contributed by atoms with Gasteiger partial charge < -0.3 is 20.3 Å². The molecular formula is C26H31N3O4. The number of unbranched alkanes of at least 4 members (excludes halogenated alkanes) is 3. The number of fused-ring (bicyclic) bond motifs is 1. The molecule has 7 heteroatoms. The minimum atomic E-state index is -0.686. The Morgan fingerprint density at radius 1 is 0.909 bits per heavy atom. The van der Waals surface area contributed by atoms with Crippen molar-refractivity contribution in [1.82, 2.24) is 9.88 Å². The number of nitrogens with zero attached hydrogens (tertiary/aromatic N) is 1. The van der Waals surface area contributed by atoms with E-state index in [0.717, 1.165) is 32.1 Å². The minimum absolute atomic E-state index is 0.187. The van der Waals surface area contributed by atoms with Crippen molar-refractivity contribution in [1.29, 1.82) is 0 Å². The number of benzene rings is 2. The van der Waals surface area contributed by atoms with Gasteiger partial charge in [0.15, 0.2) is 0 Å². The first-order chi connectivity index (χ1) is 16.0. The van der Waals surface area contributed by atoms with Crippen LogP contribution in [0.15, 0.2) is 53.3 Å². The molecule has 0 unspecified atom stereocenters. The topological polar surface area (TPSA) is 100 Å². The van der Waals surface area contributed by atoms with E-state index < -0.39 is 11.5 Å². The van der Waals surface area contributed by atoms with Crippen molar-refractivity contribution in [2.24, 2.45) is 0 Å². The van der Waals surface area contributed by atoms with Crippen molar-refractivity contribution >= 4 is 28.4 Å². The summed E-state index contributed by atoms with van der Waals surface area (Å²) in [6, 6.07) is 13.5. The highest BCUT2D eigenvalue weighted by atomic mass is 16.3. The first-order valence-corrected chi connectivity index (χ1v) is 11.5. The third kappa shape index (κ3) is 5.61. The number of hydrogen-bond donors (Lipinski definition) is 3. The third-order valence-electron chi connectivity index (χ3n) is 5.55. The summed E-state index contributed by atoms with van der Waals surface area (Å²) < 4.78 is 1.57. The Morgan fingerprint density at radius 3 is 2.33 bits per heavy atom. The molecule has 174 valence electrons. The molecule has 2 amide bonds. The fraction of sp³-hybridized carbons (Fsp3) is 0.346. The third-order valence-corrected chi connectivity index (χ3v) is 5.55. The van der Waals surface area contributed by atoms with E-state index in [1.54, 1.807) is 47.0 Å². The zero-order valence-corrected chi connectivity index (χ0v) is 19.2.